The Morgan fingerprint density at radius 2 is 1.88 bits per heavy atom. The second-order valence-electron chi connectivity index (χ2n) is 6.17. The highest BCUT2D eigenvalue weighted by molar-refractivity contribution is 7.92. The predicted octanol–water partition coefficient (Wildman–Crippen LogP) is 3.49. The molecule has 0 aromatic heterocycles. The van der Waals surface area contributed by atoms with E-state index in [4.69, 9.17) is 0 Å². The minimum absolute atomic E-state index is 0.107. The van der Waals surface area contributed by atoms with E-state index in [9.17, 15) is 17.6 Å². The van der Waals surface area contributed by atoms with E-state index in [0.29, 0.717) is 5.69 Å². The molecule has 0 bridgehead atoms. The van der Waals surface area contributed by atoms with E-state index >= 15 is 0 Å². The summed E-state index contributed by atoms with van der Waals surface area (Å²) in [6.45, 7) is 5.33. The van der Waals surface area contributed by atoms with Crippen LogP contribution in [0.4, 0.5) is 15.8 Å². The molecule has 1 N–H and O–H groups in total. The Balaban J connectivity index is 2.38. The Hall–Kier alpha value is -2.41. The number of aryl methyl sites for hydroxylation is 2. The monoisotopic (exact) mass is 378 g/mol. The van der Waals surface area contributed by atoms with Crippen molar-refractivity contribution >= 4 is 27.3 Å². The summed E-state index contributed by atoms with van der Waals surface area (Å²) in [5.74, 6) is -1.06. The highest BCUT2D eigenvalue weighted by atomic mass is 32.2. The normalized spacial score (nSPS) is 12.5. The van der Waals surface area contributed by atoms with Gasteiger partial charge in [0.1, 0.15) is 11.9 Å². The predicted molar refractivity (Wildman–Crippen MR) is 102 cm³/mol. The van der Waals surface area contributed by atoms with Crippen molar-refractivity contribution in [3.8, 4) is 0 Å². The molecule has 0 spiro atoms. The van der Waals surface area contributed by atoms with E-state index in [0.717, 1.165) is 34.2 Å². The number of rotatable bonds is 6. The van der Waals surface area contributed by atoms with Gasteiger partial charge in [-0.25, -0.2) is 12.8 Å². The highest BCUT2D eigenvalue weighted by Crippen LogP contribution is 2.25. The van der Waals surface area contributed by atoms with Gasteiger partial charge in [-0.3, -0.25) is 9.10 Å². The maximum absolute atomic E-state index is 13.6. The largest absolute Gasteiger partial charge is 0.324 e. The van der Waals surface area contributed by atoms with Gasteiger partial charge in [0.05, 0.1) is 11.9 Å². The number of hydrogen-bond donors (Lipinski definition) is 1. The van der Waals surface area contributed by atoms with Crippen molar-refractivity contribution in [2.75, 3.05) is 15.9 Å². The molecule has 2 aromatic carbocycles. The lowest BCUT2D eigenvalue weighted by Gasteiger charge is -2.28. The number of nitrogens with one attached hydrogen (secondary N) is 1. The van der Waals surface area contributed by atoms with Crippen LogP contribution in [-0.4, -0.2) is 26.6 Å². The van der Waals surface area contributed by atoms with Gasteiger partial charge in [0.25, 0.3) is 0 Å². The lowest BCUT2D eigenvalue weighted by molar-refractivity contribution is -0.116. The molecular formula is C19H23FN2O3S. The first-order chi connectivity index (χ1) is 12.1. The number of nitrogens with zero attached hydrogens (tertiary/aromatic N) is 1. The summed E-state index contributed by atoms with van der Waals surface area (Å²) >= 11 is 0. The molecule has 7 heteroatoms. The maximum Gasteiger partial charge on any atom is 0.248 e. The topological polar surface area (TPSA) is 66.5 Å². The van der Waals surface area contributed by atoms with Crippen LogP contribution in [0.5, 0.6) is 0 Å². The molecular weight excluding hydrogens is 355 g/mol. The molecule has 0 saturated carbocycles. The quantitative estimate of drug-likeness (QED) is 0.837. The molecule has 0 aliphatic heterocycles. The zero-order chi connectivity index (χ0) is 19.5. The highest BCUT2D eigenvalue weighted by Gasteiger charge is 2.29. The average molecular weight is 378 g/mol. The number of carbonyl (C=O) groups excluding carboxylic acids is 1. The maximum atomic E-state index is 13.6. The lowest BCUT2D eigenvalue weighted by Crippen LogP contribution is -2.45. The van der Waals surface area contributed by atoms with Crippen molar-refractivity contribution in [1.29, 1.82) is 0 Å². The zero-order valence-electron chi connectivity index (χ0n) is 15.3. The van der Waals surface area contributed by atoms with Gasteiger partial charge in [-0.2, -0.15) is 0 Å². The molecule has 2 aromatic rings. The summed E-state index contributed by atoms with van der Waals surface area (Å²) in [4.78, 5) is 12.8. The number of carbonyl (C=O) groups is 1. The third kappa shape index (κ3) is 4.40. The van der Waals surface area contributed by atoms with Gasteiger partial charge in [0.2, 0.25) is 15.9 Å². The fourth-order valence-corrected chi connectivity index (χ4v) is 4.02. The van der Waals surface area contributed by atoms with Gasteiger partial charge in [0, 0.05) is 5.69 Å². The summed E-state index contributed by atoms with van der Waals surface area (Å²) in [7, 11) is -3.79. The Kier molecular flexibility index (Phi) is 6.02. The Morgan fingerprint density at radius 1 is 1.23 bits per heavy atom. The van der Waals surface area contributed by atoms with E-state index in [1.807, 2.05) is 32.0 Å². The van der Waals surface area contributed by atoms with Crippen LogP contribution < -0.4 is 9.62 Å². The van der Waals surface area contributed by atoms with Crippen LogP contribution in [0.2, 0.25) is 0 Å². The Labute approximate surface area is 153 Å². The van der Waals surface area contributed by atoms with Crippen LogP contribution in [0.15, 0.2) is 42.5 Å². The van der Waals surface area contributed by atoms with E-state index in [1.54, 1.807) is 0 Å². The van der Waals surface area contributed by atoms with Crippen LogP contribution in [0, 0.1) is 12.7 Å². The molecule has 0 fully saturated rings. The average Bonchev–Trinajstić information content (AvgIpc) is 2.55. The van der Waals surface area contributed by atoms with Gasteiger partial charge in [-0.1, -0.05) is 31.2 Å². The molecule has 26 heavy (non-hydrogen) atoms. The fraction of sp³-hybridized carbons (Fsp3) is 0.316. The standard InChI is InChI=1S/C19H23FN2O3S/c1-5-15-9-6-8-13(2)18(15)21-19(23)14(3)22(26(4,24)25)17-11-7-10-16(20)12-17/h6-12,14H,5H2,1-4H3,(H,21,23)/t14-/m1/s1. The van der Waals surface area contributed by atoms with Crippen LogP contribution >= 0.6 is 0 Å². The number of sulfonamides is 1. The Bertz CT molecular complexity index is 913. The van der Waals surface area contributed by atoms with E-state index in [-0.39, 0.29) is 5.69 Å². The Morgan fingerprint density at radius 3 is 2.46 bits per heavy atom. The number of halogens is 1. The summed E-state index contributed by atoms with van der Waals surface area (Å²) in [6.07, 6.45) is 1.72. The van der Waals surface area contributed by atoms with Gasteiger partial charge in [-0.05, 0) is 49.6 Å². The summed E-state index contributed by atoms with van der Waals surface area (Å²) in [6, 6.07) is 9.82. The van der Waals surface area contributed by atoms with Crippen molar-refractivity contribution in [2.45, 2.75) is 33.2 Å². The second kappa shape index (κ2) is 7.86. The second-order valence-corrected chi connectivity index (χ2v) is 8.03. The molecule has 0 saturated heterocycles. The number of anilines is 2. The van der Waals surface area contributed by atoms with Crippen molar-refractivity contribution in [1.82, 2.24) is 0 Å². The smallest absolute Gasteiger partial charge is 0.248 e. The van der Waals surface area contributed by atoms with Crippen LogP contribution in [0.25, 0.3) is 0 Å². The molecule has 2 rings (SSSR count). The third-order valence-corrected chi connectivity index (χ3v) is 5.38. The van der Waals surface area contributed by atoms with Crippen LogP contribution in [-0.2, 0) is 21.2 Å². The molecule has 0 heterocycles. The van der Waals surface area contributed by atoms with Crippen molar-refractivity contribution in [3.63, 3.8) is 0 Å². The van der Waals surface area contributed by atoms with Gasteiger partial charge < -0.3 is 5.32 Å². The molecule has 5 nitrogen and oxygen atoms in total. The van der Waals surface area contributed by atoms with E-state index in [1.165, 1.54) is 25.1 Å². The molecule has 0 aliphatic rings. The summed E-state index contributed by atoms with van der Waals surface area (Å²) < 4.78 is 39.0. The molecule has 1 atom stereocenters. The van der Waals surface area contributed by atoms with Crippen molar-refractivity contribution in [2.24, 2.45) is 0 Å². The number of amides is 1. The van der Waals surface area contributed by atoms with E-state index < -0.39 is 27.8 Å². The van der Waals surface area contributed by atoms with Gasteiger partial charge >= 0.3 is 0 Å². The molecule has 0 radical (unpaired) electrons. The van der Waals surface area contributed by atoms with Crippen LogP contribution in [0.1, 0.15) is 25.0 Å². The first-order valence-electron chi connectivity index (χ1n) is 8.29. The first-order valence-corrected chi connectivity index (χ1v) is 10.1. The minimum atomic E-state index is -3.79. The van der Waals surface area contributed by atoms with Crippen LogP contribution in [0.3, 0.4) is 0 Å². The molecule has 0 unspecified atom stereocenters. The SMILES string of the molecule is CCc1cccc(C)c1NC(=O)[C@@H](C)N(c1cccc(F)c1)S(C)(=O)=O. The number of benzene rings is 2. The lowest BCUT2D eigenvalue weighted by atomic mass is 10.1. The van der Waals surface area contributed by atoms with Crippen molar-refractivity contribution < 1.29 is 17.6 Å². The summed E-state index contributed by atoms with van der Waals surface area (Å²) in [5, 5.41) is 2.83. The zero-order valence-corrected chi connectivity index (χ0v) is 16.1. The van der Waals surface area contributed by atoms with Gasteiger partial charge in [0.15, 0.2) is 0 Å². The first kappa shape index (κ1) is 19.9. The molecule has 140 valence electrons. The molecule has 1 amide bonds. The number of para-hydroxylation sites is 1. The summed E-state index contributed by atoms with van der Waals surface area (Å²) in [5.41, 5.74) is 2.64. The number of hydrogen-bond acceptors (Lipinski definition) is 3. The fourth-order valence-electron chi connectivity index (χ4n) is 2.85. The van der Waals surface area contributed by atoms with Crippen molar-refractivity contribution in [3.05, 3.63) is 59.4 Å². The van der Waals surface area contributed by atoms with E-state index in [2.05, 4.69) is 5.32 Å². The third-order valence-electron chi connectivity index (χ3n) is 4.14. The minimum Gasteiger partial charge on any atom is -0.324 e. The molecule has 0 aliphatic carbocycles. The van der Waals surface area contributed by atoms with Gasteiger partial charge in [-0.15, -0.1) is 0 Å².